The molecule has 0 bridgehead atoms. The zero-order valence-electron chi connectivity index (χ0n) is 14.8. The second-order valence-electron chi connectivity index (χ2n) is 7.47. The maximum Gasteiger partial charge on any atom is 0.262 e. The molecule has 1 unspecified atom stereocenters. The second kappa shape index (κ2) is 6.25. The monoisotopic (exact) mass is 363 g/mol. The van der Waals surface area contributed by atoms with Crippen LogP contribution in [0.2, 0.25) is 0 Å². The Labute approximate surface area is 148 Å². The summed E-state index contributed by atoms with van der Waals surface area (Å²) in [6.45, 7) is 4.27. The zero-order chi connectivity index (χ0) is 17.6. The van der Waals surface area contributed by atoms with Crippen molar-refractivity contribution in [2.45, 2.75) is 44.2 Å². The van der Waals surface area contributed by atoms with Crippen molar-refractivity contribution in [3.63, 3.8) is 0 Å². The summed E-state index contributed by atoms with van der Waals surface area (Å²) in [4.78, 5) is 8.60. The van der Waals surface area contributed by atoms with E-state index in [9.17, 15) is 8.42 Å². The average Bonchev–Trinajstić information content (AvgIpc) is 2.94. The molecule has 4 rings (SSSR count). The molecule has 0 amide bonds. The predicted octanol–water partition coefficient (Wildman–Crippen LogP) is 1.59. The third-order valence-corrected chi connectivity index (χ3v) is 7.03. The molecule has 1 saturated heterocycles. The molecule has 1 saturated carbocycles. The molecule has 1 atom stereocenters. The van der Waals surface area contributed by atoms with Gasteiger partial charge in [0.25, 0.3) is 10.0 Å². The summed E-state index contributed by atoms with van der Waals surface area (Å²) in [7, 11) is -1.70. The minimum Gasteiger partial charge on any atom is -0.339 e. The van der Waals surface area contributed by atoms with Gasteiger partial charge >= 0.3 is 0 Å². The van der Waals surface area contributed by atoms with Crippen LogP contribution in [-0.2, 0) is 30.0 Å². The number of rotatable bonds is 6. The van der Waals surface area contributed by atoms with E-state index in [2.05, 4.69) is 21.5 Å². The third-order valence-electron chi connectivity index (χ3n) is 5.28. The van der Waals surface area contributed by atoms with Crippen LogP contribution in [0.25, 0.3) is 0 Å². The van der Waals surface area contributed by atoms with Crippen molar-refractivity contribution in [3.05, 3.63) is 30.2 Å². The lowest BCUT2D eigenvalue weighted by atomic mass is 10.0. The van der Waals surface area contributed by atoms with Gasteiger partial charge in [-0.25, -0.2) is 18.4 Å². The molecule has 25 heavy (non-hydrogen) atoms. The Morgan fingerprint density at radius 1 is 1.20 bits per heavy atom. The fourth-order valence-corrected chi connectivity index (χ4v) is 5.07. The van der Waals surface area contributed by atoms with Crippen LogP contribution in [0.5, 0.6) is 0 Å². The first-order valence-corrected chi connectivity index (χ1v) is 10.4. The van der Waals surface area contributed by atoms with Gasteiger partial charge in [0.2, 0.25) is 0 Å². The van der Waals surface area contributed by atoms with Crippen LogP contribution < -0.4 is 0 Å². The van der Waals surface area contributed by atoms with Gasteiger partial charge in [-0.15, -0.1) is 0 Å². The Kier molecular flexibility index (Phi) is 4.19. The minimum atomic E-state index is -3.48. The minimum absolute atomic E-state index is 0.140. The van der Waals surface area contributed by atoms with Crippen LogP contribution in [-0.4, -0.2) is 44.9 Å². The van der Waals surface area contributed by atoms with Crippen LogP contribution in [0.4, 0.5) is 0 Å². The van der Waals surface area contributed by atoms with Crippen LogP contribution in [0.15, 0.2) is 23.7 Å². The first-order valence-electron chi connectivity index (χ1n) is 8.92. The maximum absolute atomic E-state index is 12.7. The smallest absolute Gasteiger partial charge is 0.262 e. The highest BCUT2D eigenvalue weighted by Crippen LogP contribution is 2.32. The lowest BCUT2D eigenvalue weighted by Gasteiger charge is -2.16. The summed E-state index contributed by atoms with van der Waals surface area (Å²) >= 11 is 0. The molecule has 1 aliphatic carbocycles. The standard InChI is InChI=1S/C17H25N5O2S/c1-13-8-18-16(22(13)10-14-3-4-14)7-15-5-6-21(9-15)25(23,24)17-11-20(2)12-19-17/h8,11-12,14-15H,3-7,9-10H2,1-2H3. The van der Waals surface area contributed by atoms with Crippen LogP contribution >= 0.6 is 0 Å². The normalized spacial score (nSPS) is 21.9. The van der Waals surface area contributed by atoms with E-state index in [1.165, 1.54) is 24.9 Å². The number of hydrogen-bond acceptors (Lipinski definition) is 4. The van der Waals surface area contributed by atoms with E-state index in [0.717, 1.165) is 31.1 Å². The van der Waals surface area contributed by atoms with Gasteiger partial charge in [-0.2, -0.15) is 4.31 Å². The summed E-state index contributed by atoms with van der Waals surface area (Å²) in [5.41, 5.74) is 1.21. The Bertz CT molecular complexity index is 865. The highest BCUT2D eigenvalue weighted by molar-refractivity contribution is 7.89. The molecular formula is C17H25N5O2S. The van der Waals surface area contributed by atoms with E-state index >= 15 is 0 Å². The Hall–Kier alpha value is -1.67. The molecule has 0 radical (unpaired) electrons. The molecule has 0 aromatic carbocycles. The van der Waals surface area contributed by atoms with Gasteiger partial charge in [0.1, 0.15) is 5.82 Å². The van der Waals surface area contributed by atoms with E-state index in [-0.39, 0.29) is 5.03 Å². The zero-order valence-corrected chi connectivity index (χ0v) is 15.6. The highest BCUT2D eigenvalue weighted by atomic mass is 32.2. The highest BCUT2D eigenvalue weighted by Gasteiger charge is 2.34. The molecule has 2 aromatic rings. The Balaban J connectivity index is 1.44. The van der Waals surface area contributed by atoms with Crippen molar-refractivity contribution in [2.75, 3.05) is 13.1 Å². The summed E-state index contributed by atoms with van der Waals surface area (Å²) in [5.74, 6) is 2.22. The number of aryl methyl sites for hydroxylation is 2. The lowest BCUT2D eigenvalue weighted by molar-refractivity contribution is 0.446. The van der Waals surface area contributed by atoms with Gasteiger partial charge in [0, 0.05) is 51.2 Å². The van der Waals surface area contributed by atoms with E-state index in [1.807, 2.05) is 6.20 Å². The third kappa shape index (κ3) is 3.37. The van der Waals surface area contributed by atoms with Gasteiger partial charge in [0.05, 0.1) is 6.33 Å². The predicted molar refractivity (Wildman–Crippen MR) is 93.5 cm³/mol. The molecule has 8 heteroatoms. The van der Waals surface area contributed by atoms with Crippen molar-refractivity contribution in [3.8, 4) is 0 Å². The number of sulfonamides is 1. The van der Waals surface area contributed by atoms with Crippen LogP contribution in [0, 0.1) is 18.8 Å². The summed E-state index contributed by atoms with van der Waals surface area (Å²) in [6.07, 6.45) is 9.38. The number of imidazole rings is 2. The van der Waals surface area contributed by atoms with E-state index in [4.69, 9.17) is 0 Å². The van der Waals surface area contributed by atoms with E-state index in [0.29, 0.717) is 19.0 Å². The van der Waals surface area contributed by atoms with Crippen LogP contribution in [0.1, 0.15) is 30.8 Å². The van der Waals surface area contributed by atoms with Gasteiger partial charge in [-0.1, -0.05) is 0 Å². The first kappa shape index (κ1) is 16.8. The molecule has 7 nitrogen and oxygen atoms in total. The van der Waals surface area contributed by atoms with E-state index < -0.39 is 10.0 Å². The SMILES string of the molecule is Cc1cnc(CC2CCN(S(=O)(=O)c3cn(C)cn3)C2)n1CC1CC1. The largest absolute Gasteiger partial charge is 0.339 e. The van der Waals surface area contributed by atoms with Gasteiger partial charge in [0.15, 0.2) is 5.03 Å². The molecule has 0 N–H and O–H groups in total. The molecule has 136 valence electrons. The molecule has 2 aliphatic rings. The van der Waals surface area contributed by atoms with Crippen molar-refractivity contribution in [1.29, 1.82) is 0 Å². The van der Waals surface area contributed by atoms with Crippen molar-refractivity contribution >= 4 is 10.0 Å². The second-order valence-corrected chi connectivity index (χ2v) is 9.35. The number of aromatic nitrogens is 4. The summed E-state index contributed by atoms with van der Waals surface area (Å²) in [6, 6.07) is 0. The van der Waals surface area contributed by atoms with Gasteiger partial charge in [-0.05, 0) is 38.0 Å². The van der Waals surface area contributed by atoms with Crippen molar-refractivity contribution < 1.29 is 8.42 Å². The fourth-order valence-electron chi connectivity index (χ4n) is 3.58. The van der Waals surface area contributed by atoms with Crippen molar-refractivity contribution in [1.82, 2.24) is 23.4 Å². The van der Waals surface area contributed by atoms with Gasteiger partial charge in [-0.3, -0.25) is 0 Å². The average molecular weight is 363 g/mol. The molecular weight excluding hydrogens is 338 g/mol. The lowest BCUT2D eigenvalue weighted by Crippen LogP contribution is -2.29. The summed E-state index contributed by atoms with van der Waals surface area (Å²) < 4.78 is 31.0. The first-order chi connectivity index (χ1) is 11.9. The molecule has 1 aliphatic heterocycles. The number of nitrogens with zero attached hydrogens (tertiary/aromatic N) is 5. The van der Waals surface area contributed by atoms with E-state index in [1.54, 1.807) is 22.1 Å². The topological polar surface area (TPSA) is 73.0 Å². The Morgan fingerprint density at radius 3 is 2.68 bits per heavy atom. The van der Waals surface area contributed by atoms with Gasteiger partial charge < -0.3 is 9.13 Å². The molecule has 2 aromatic heterocycles. The quantitative estimate of drug-likeness (QED) is 0.781. The Morgan fingerprint density at radius 2 is 2.00 bits per heavy atom. The number of hydrogen-bond donors (Lipinski definition) is 0. The summed E-state index contributed by atoms with van der Waals surface area (Å²) in [5, 5.41) is 0.140. The molecule has 2 fully saturated rings. The molecule has 0 spiro atoms. The van der Waals surface area contributed by atoms with Crippen LogP contribution in [0.3, 0.4) is 0 Å². The maximum atomic E-state index is 12.7. The fraction of sp³-hybridized carbons (Fsp3) is 0.647. The molecule has 3 heterocycles. The van der Waals surface area contributed by atoms with Crippen molar-refractivity contribution in [2.24, 2.45) is 18.9 Å².